The van der Waals surface area contributed by atoms with Crippen LogP contribution in [0.5, 0.6) is 5.75 Å². The van der Waals surface area contributed by atoms with Crippen LogP contribution in [0, 0.1) is 0 Å². The molecule has 35 heavy (non-hydrogen) atoms. The number of unbranched alkanes of at least 4 members (excludes halogenated alkanes) is 3. The first kappa shape index (κ1) is 26.6. The Balaban J connectivity index is 1.65. The Morgan fingerprint density at radius 3 is 2.69 bits per heavy atom. The van der Waals surface area contributed by atoms with Gasteiger partial charge in [-0.05, 0) is 44.4 Å². The third-order valence-corrected chi connectivity index (χ3v) is 5.64. The number of carbonyl (C=O) groups is 2. The van der Waals surface area contributed by atoms with Gasteiger partial charge in [-0.1, -0.05) is 11.6 Å². The van der Waals surface area contributed by atoms with E-state index in [-0.39, 0.29) is 24.2 Å². The van der Waals surface area contributed by atoms with Crippen molar-refractivity contribution in [1.29, 1.82) is 0 Å². The molecule has 0 radical (unpaired) electrons. The second-order valence-corrected chi connectivity index (χ2v) is 8.25. The fourth-order valence-corrected chi connectivity index (χ4v) is 3.68. The number of carbonyl (C=O) groups excluding carboxylic acids is 2. The molecule has 1 saturated heterocycles. The lowest BCUT2D eigenvalue weighted by atomic mass is 10.1. The molecule has 11 heteroatoms. The highest BCUT2D eigenvalue weighted by Gasteiger charge is 2.17. The van der Waals surface area contributed by atoms with Gasteiger partial charge in [-0.25, -0.2) is 4.68 Å². The Hall–Kier alpha value is -3.05. The molecular formula is C24H35FN6O4. The van der Waals surface area contributed by atoms with E-state index >= 15 is 0 Å². The minimum atomic E-state index is -0.310. The SMILES string of the molecule is CCNC(=O)c1ccc(-n2cc(C(=O)NCCN3CCOCC3)nn2)c(OCCCCCCF)c1. The first-order valence-electron chi connectivity index (χ1n) is 12.2. The first-order valence-corrected chi connectivity index (χ1v) is 12.2. The number of hydrogen-bond donors (Lipinski definition) is 2. The van der Waals surface area contributed by atoms with Crippen LogP contribution in [0.3, 0.4) is 0 Å². The zero-order valence-corrected chi connectivity index (χ0v) is 20.3. The Morgan fingerprint density at radius 2 is 1.91 bits per heavy atom. The van der Waals surface area contributed by atoms with E-state index in [1.54, 1.807) is 24.4 Å². The van der Waals surface area contributed by atoms with Gasteiger partial charge in [0.2, 0.25) is 0 Å². The van der Waals surface area contributed by atoms with Crippen LogP contribution in [-0.4, -0.2) is 90.9 Å². The molecule has 1 aliphatic rings. The van der Waals surface area contributed by atoms with Crippen LogP contribution in [0.4, 0.5) is 4.39 Å². The largest absolute Gasteiger partial charge is 0.491 e. The van der Waals surface area contributed by atoms with E-state index in [9.17, 15) is 14.0 Å². The minimum absolute atomic E-state index is 0.192. The van der Waals surface area contributed by atoms with E-state index in [0.717, 1.165) is 38.9 Å². The third-order valence-electron chi connectivity index (χ3n) is 5.64. The fourth-order valence-electron chi connectivity index (χ4n) is 3.68. The predicted molar refractivity (Wildman–Crippen MR) is 129 cm³/mol. The van der Waals surface area contributed by atoms with Crippen molar-refractivity contribution in [3.63, 3.8) is 0 Å². The third kappa shape index (κ3) is 8.29. The summed E-state index contributed by atoms with van der Waals surface area (Å²) >= 11 is 0. The number of hydrogen-bond acceptors (Lipinski definition) is 7. The maximum absolute atomic E-state index is 12.5. The van der Waals surface area contributed by atoms with Crippen molar-refractivity contribution in [1.82, 2.24) is 30.5 Å². The Morgan fingerprint density at radius 1 is 1.11 bits per heavy atom. The van der Waals surface area contributed by atoms with E-state index < -0.39 is 0 Å². The molecule has 1 aliphatic heterocycles. The summed E-state index contributed by atoms with van der Waals surface area (Å²) in [6.45, 7) is 6.86. The molecule has 2 heterocycles. The smallest absolute Gasteiger partial charge is 0.273 e. The summed E-state index contributed by atoms with van der Waals surface area (Å²) in [4.78, 5) is 27.1. The first-order chi connectivity index (χ1) is 17.1. The molecule has 0 spiro atoms. The predicted octanol–water partition coefficient (Wildman–Crippen LogP) is 1.99. The molecule has 0 saturated carbocycles. The minimum Gasteiger partial charge on any atom is -0.491 e. The highest BCUT2D eigenvalue weighted by molar-refractivity contribution is 5.95. The van der Waals surface area contributed by atoms with Crippen LogP contribution in [0.2, 0.25) is 0 Å². The lowest BCUT2D eigenvalue weighted by Gasteiger charge is -2.26. The van der Waals surface area contributed by atoms with Gasteiger partial charge in [0.15, 0.2) is 5.69 Å². The van der Waals surface area contributed by atoms with Crippen LogP contribution in [0.1, 0.15) is 53.5 Å². The number of nitrogens with one attached hydrogen (secondary N) is 2. The van der Waals surface area contributed by atoms with Gasteiger partial charge in [0, 0.05) is 38.3 Å². The molecule has 2 N–H and O–H groups in total. The van der Waals surface area contributed by atoms with Gasteiger partial charge in [-0.15, -0.1) is 5.10 Å². The maximum Gasteiger partial charge on any atom is 0.273 e. The second-order valence-electron chi connectivity index (χ2n) is 8.25. The molecule has 1 aromatic heterocycles. The molecule has 0 bridgehead atoms. The van der Waals surface area contributed by atoms with Gasteiger partial charge >= 0.3 is 0 Å². The molecule has 0 unspecified atom stereocenters. The molecule has 2 amide bonds. The van der Waals surface area contributed by atoms with Crippen molar-refractivity contribution in [2.45, 2.75) is 32.6 Å². The Bertz CT molecular complexity index is 948. The normalized spacial score (nSPS) is 14.0. The maximum atomic E-state index is 12.5. The topological polar surface area (TPSA) is 111 Å². The summed E-state index contributed by atoms with van der Waals surface area (Å²) in [6, 6.07) is 5.06. The zero-order chi connectivity index (χ0) is 24.9. The van der Waals surface area contributed by atoms with Crippen LogP contribution in [0.25, 0.3) is 5.69 Å². The quantitative estimate of drug-likeness (QED) is 0.390. The van der Waals surface area contributed by atoms with E-state index in [4.69, 9.17) is 9.47 Å². The van der Waals surface area contributed by atoms with Crippen LogP contribution in [-0.2, 0) is 4.74 Å². The second kappa shape index (κ2) is 14.4. The number of amides is 2. The van der Waals surface area contributed by atoms with Crippen molar-refractivity contribution >= 4 is 11.8 Å². The molecule has 0 atom stereocenters. The van der Waals surface area contributed by atoms with E-state index in [1.807, 2.05) is 6.92 Å². The van der Waals surface area contributed by atoms with E-state index in [2.05, 4.69) is 25.8 Å². The summed E-state index contributed by atoms with van der Waals surface area (Å²) in [5.41, 5.74) is 1.22. The van der Waals surface area contributed by atoms with Crippen molar-refractivity contribution < 1.29 is 23.5 Å². The summed E-state index contributed by atoms with van der Waals surface area (Å²) in [5, 5.41) is 13.8. The fraction of sp³-hybridized carbons (Fsp3) is 0.583. The van der Waals surface area contributed by atoms with Gasteiger partial charge in [0.1, 0.15) is 11.4 Å². The molecule has 1 fully saturated rings. The average Bonchev–Trinajstić information content (AvgIpc) is 3.37. The van der Waals surface area contributed by atoms with Crippen molar-refractivity contribution in [3.05, 3.63) is 35.7 Å². The molecule has 10 nitrogen and oxygen atoms in total. The number of ether oxygens (including phenoxy) is 2. The molecule has 3 rings (SSSR count). The van der Waals surface area contributed by atoms with Gasteiger partial charge in [0.05, 0.1) is 32.7 Å². The number of morpholine rings is 1. The van der Waals surface area contributed by atoms with Gasteiger partial charge in [-0.3, -0.25) is 18.9 Å². The highest BCUT2D eigenvalue weighted by atomic mass is 19.1. The number of alkyl halides is 1. The zero-order valence-electron chi connectivity index (χ0n) is 20.3. The molecule has 2 aromatic rings. The Labute approximate surface area is 205 Å². The molecule has 0 aliphatic carbocycles. The van der Waals surface area contributed by atoms with Crippen LogP contribution >= 0.6 is 0 Å². The van der Waals surface area contributed by atoms with E-state index in [0.29, 0.717) is 56.3 Å². The summed E-state index contributed by atoms with van der Waals surface area (Å²) in [6.07, 6.45) is 4.51. The highest BCUT2D eigenvalue weighted by Crippen LogP contribution is 2.25. The average molecular weight is 491 g/mol. The number of aromatic nitrogens is 3. The van der Waals surface area contributed by atoms with Crippen molar-refractivity contribution in [3.8, 4) is 11.4 Å². The monoisotopic (exact) mass is 490 g/mol. The van der Waals surface area contributed by atoms with Crippen molar-refractivity contribution in [2.75, 3.05) is 59.2 Å². The van der Waals surface area contributed by atoms with Crippen LogP contribution in [0.15, 0.2) is 24.4 Å². The summed E-state index contributed by atoms with van der Waals surface area (Å²) in [7, 11) is 0. The summed E-state index contributed by atoms with van der Waals surface area (Å²) in [5.74, 6) is -0.0482. The molecule has 192 valence electrons. The lowest BCUT2D eigenvalue weighted by molar-refractivity contribution is 0.0383. The number of nitrogens with zero attached hydrogens (tertiary/aromatic N) is 4. The van der Waals surface area contributed by atoms with Crippen molar-refractivity contribution in [2.24, 2.45) is 0 Å². The Kier molecular flexibility index (Phi) is 10.9. The van der Waals surface area contributed by atoms with Gasteiger partial charge in [0.25, 0.3) is 11.8 Å². The van der Waals surface area contributed by atoms with Crippen LogP contribution < -0.4 is 15.4 Å². The number of halogens is 1. The number of rotatable bonds is 14. The lowest BCUT2D eigenvalue weighted by Crippen LogP contribution is -2.41. The van der Waals surface area contributed by atoms with Gasteiger partial charge < -0.3 is 20.1 Å². The standard InChI is InChI=1S/C24H35FN6O4/c1-2-26-23(32)19-7-8-21(22(17-19)35-14-6-4-3-5-9-25)31-18-20(28-29-31)24(33)27-10-11-30-12-15-34-16-13-30/h7-8,17-18H,2-6,9-16H2,1H3,(H,26,32)(H,27,33). The van der Waals surface area contributed by atoms with Gasteiger partial charge in [-0.2, -0.15) is 0 Å². The summed E-state index contributed by atoms with van der Waals surface area (Å²) < 4.78 is 25.1. The number of benzene rings is 1. The molecule has 1 aromatic carbocycles. The van der Waals surface area contributed by atoms with E-state index in [1.165, 1.54) is 4.68 Å². The molecular weight excluding hydrogens is 455 g/mol.